The molecule has 67 heavy (non-hydrogen) atoms. The van der Waals surface area contributed by atoms with Crippen LogP contribution < -0.4 is 11.2 Å². The van der Waals surface area contributed by atoms with E-state index in [1.165, 1.54) is 36.3 Å². The molecule has 2 heterocycles. The Morgan fingerprint density at radius 3 is 1.46 bits per heavy atom. The normalized spacial score (nSPS) is 15.1. The summed E-state index contributed by atoms with van der Waals surface area (Å²) < 4.78 is 59.4. The first-order valence-corrected chi connectivity index (χ1v) is 24.8. The summed E-state index contributed by atoms with van der Waals surface area (Å²) in [5, 5.41) is 0. The highest BCUT2D eigenvalue weighted by Gasteiger charge is 2.26. The van der Waals surface area contributed by atoms with E-state index in [0.717, 1.165) is 56.1 Å². The van der Waals surface area contributed by atoms with Gasteiger partial charge in [0.2, 0.25) is 0 Å². The van der Waals surface area contributed by atoms with Gasteiger partial charge in [0.05, 0.1) is 112 Å². The molecule has 0 radical (unpaired) electrons. The molecular weight excluding hydrogens is 865 g/mol. The van der Waals surface area contributed by atoms with Crippen molar-refractivity contribution in [3.05, 3.63) is 56.7 Å². The standard InChI is InChI=1S/C50H78N4O13/c1-3-20-52-46-48(53(39-42-10-6-4-7-11-42)50(57)54(49(46)56)40-43-12-8-5-9-13-43)51-47(52)44-17-14-41(15-18-44)16-19-45(55)67-38-37-66-36-35-65-34-33-64-32-31-63-30-29-62-28-27-61-26-25-60-24-23-59-22-21-58-2/h14-19,42-43H,3-13,20-40H2,1-2H3. The molecule has 17 heteroatoms. The molecule has 2 aromatic heterocycles. The zero-order valence-electron chi connectivity index (χ0n) is 40.3. The summed E-state index contributed by atoms with van der Waals surface area (Å²) in [5.74, 6) is 0.932. The van der Waals surface area contributed by atoms with Crippen molar-refractivity contribution in [3.63, 3.8) is 0 Å². The third kappa shape index (κ3) is 19.6. The highest BCUT2D eigenvalue weighted by atomic mass is 16.6. The highest BCUT2D eigenvalue weighted by Crippen LogP contribution is 2.29. The van der Waals surface area contributed by atoms with Crippen molar-refractivity contribution >= 4 is 23.2 Å². The first-order valence-electron chi connectivity index (χ1n) is 24.8. The molecule has 0 bridgehead atoms. The molecule has 2 fully saturated rings. The highest BCUT2D eigenvalue weighted by molar-refractivity contribution is 5.87. The van der Waals surface area contributed by atoms with Crippen LogP contribution in [0.25, 0.3) is 28.6 Å². The zero-order chi connectivity index (χ0) is 47.2. The van der Waals surface area contributed by atoms with Gasteiger partial charge in [0.1, 0.15) is 12.4 Å². The average Bonchev–Trinajstić information content (AvgIpc) is 3.73. The van der Waals surface area contributed by atoms with E-state index in [-0.39, 0.29) is 24.5 Å². The molecule has 0 unspecified atom stereocenters. The molecule has 0 aliphatic heterocycles. The number of fused-ring (bicyclic) bond motifs is 1. The minimum Gasteiger partial charge on any atom is -0.460 e. The maximum absolute atomic E-state index is 14.3. The number of rotatable bonds is 36. The number of nitrogens with zero attached hydrogens (tertiary/aromatic N) is 4. The number of benzene rings is 1. The second kappa shape index (κ2) is 32.9. The summed E-state index contributed by atoms with van der Waals surface area (Å²) in [5.41, 5.74) is 2.19. The molecule has 0 saturated heterocycles. The Hall–Kier alpha value is -3.78. The van der Waals surface area contributed by atoms with Crippen molar-refractivity contribution in [2.45, 2.75) is 97.2 Å². The molecule has 5 rings (SSSR count). The minimum absolute atomic E-state index is 0.119. The van der Waals surface area contributed by atoms with Gasteiger partial charge >= 0.3 is 11.7 Å². The summed E-state index contributed by atoms with van der Waals surface area (Å²) >= 11 is 0. The van der Waals surface area contributed by atoms with Gasteiger partial charge in [-0.05, 0) is 55.6 Å². The third-order valence-electron chi connectivity index (χ3n) is 12.0. The molecule has 1 aromatic carbocycles. The Balaban J connectivity index is 0.938. The van der Waals surface area contributed by atoms with Crippen LogP contribution in [0.1, 0.15) is 83.1 Å². The van der Waals surface area contributed by atoms with Crippen LogP contribution in [0.4, 0.5) is 0 Å². The Morgan fingerprint density at radius 2 is 1.01 bits per heavy atom. The van der Waals surface area contributed by atoms with E-state index in [9.17, 15) is 14.4 Å². The second-order valence-corrected chi connectivity index (χ2v) is 17.1. The van der Waals surface area contributed by atoms with Gasteiger partial charge in [0.15, 0.2) is 11.2 Å². The number of aryl methyl sites for hydroxylation is 1. The van der Waals surface area contributed by atoms with E-state index in [2.05, 4.69) is 6.92 Å². The van der Waals surface area contributed by atoms with E-state index >= 15 is 0 Å². The van der Waals surface area contributed by atoms with E-state index in [0.29, 0.717) is 154 Å². The lowest BCUT2D eigenvalue weighted by atomic mass is 9.89. The molecule has 17 nitrogen and oxygen atoms in total. The predicted molar refractivity (Wildman–Crippen MR) is 256 cm³/mol. The van der Waals surface area contributed by atoms with Crippen molar-refractivity contribution in [2.24, 2.45) is 11.8 Å². The Bertz CT molecular complexity index is 1950. The van der Waals surface area contributed by atoms with E-state index in [1.54, 1.807) is 13.2 Å². The summed E-state index contributed by atoms with van der Waals surface area (Å²) in [6, 6.07) is 7.71. The van der Waals surface area contributed by atoms with Crippen LogP contribution >= 0.6 is 0 Å². The number of imidazole rings is 1. The molecule has 2 saturated carbocycles. The molecule has 0 spiro atoms. The second-order valence-electron chi connectivity index (χ2n) is 17.1. The fourth-order valence-corrected chi connectivity index (χ4v) is 8.47. The zero-order valence-corrected chi connectivity index (χ0v) is 40.3. The first-order chi connectivity index (χ1) is 33.0. The maximum Gasteiger partial charge on any atom is 0.332 e. The summed E-state index contributed by atoms with van der Waals surface area (Å²) in [4.78, 5) is 46.0. The predicted octanol–water partition coefficient (Wildman–Crippen LogP) is 5.93. The third-order valence-corrected chi connectivity index (χ3v) is 12.0. The SMILES string of the molecule is CCCn1c(-c2ccc(C=CC(=O)OCCOCCOCCOCCOCCOCCOCCOCCOCCOC)cc2)nc2c1c(=O)n(CC1CCCCC1)c(=O)n2CC1CCCCC1. The lowest BCUT2D eigenvalue weighted by Crippen LogP contribution is -2.43. The largest absolute Gasteiger partial charge is 0.460 e. The van der Waals surface area contributed by atoms with E-state index < -0.39 is 5.97 Å². The number of aromatic nitrogens is 4. The van der Waals surface area contributed by atoms with Gasteiger partial charge in [-0.15, -0.1) is 0 Å². The van der Waals surface area contributed by atoms with Crippen molar-refractivity contribution in [2.75, 3.05) is 126 Å². The molecular formula is C50H78N4O13. The monoisotopic (exact) mass is 943 g/mol. The first kappa shape index (κ1) is 54.2. The van der Waals surface area contributed by atoms with Gasteiger partial charge < -0.3 is 51.9 Å². The van der Waals surface area contributed by atoms with Crippen molar-refractivity contribution in [3.8, 4) is 11.4 Å². The smallest absolute Gasteiger partial charge is 0.332 e. The Morgan fingerprint density at radius 1 is 0.582 bits per heavy atom. The summed E-state index contributed by atoms with van der Waals surface area (Å²) in [6.45, 7) is 11.9. The number of esters is 1. The van der Waals surface area contributed by atoms with Crippen molar-refractivity contribution in [1.82, 2.24) is 18.7 Å². The molecule has 0 N–H and O–H groups in total. The van der Waals surface area contributed by atoms with Crippen LogP contribution in [0, 0.1) is 11.8 Å². The van der Waals surface area contributed by atoms with Gasteiger partial charge in [0, 0.05) is 38.4 Å². The minimum atomic E-state index is -0.470. The lowest BCUT2D eigenvalue weighted by Gasteiger charge is -2.25. The van der Waals surface area contributed by atoms with Gasteiger partial charge in [-0.25, -0.2) is 14.6 Å². The van der Waals surface area contributed by atoms with Crippen LogP contribution in [0.5, 0.6) is 0 Å². The van der Waals surface area contributed by atoms with Crippen LogP contribution in [-0.2, 0) is 71.8 Å². The van der Waals surface area contributed by atoms with Gasteiger partial charge in [-0.2, -0.15) is 0 Å². The van der Waals surface area contributed by atoms with Crippen molar-refractivity contribution < 1.29 is 52.2 Å². The number of methoxy groups -OCH3 is 1. The molecule has 0 amide bonds. The average molecular weight is 943 g/mol. The summed E-state index contributed by atoms with van der Waals surface area (Å²) in [6.07, 6.45) is 15.3. The van der Waals surface area contributed by atoms with Crippen LogP contribution in [0.3, 0.4) is 0 Å². The fourth-order valence-electron chi connectivity index (χ4n) is 8.47. The summed E-state index contributed by atoms with van der Waals surface area (Å²) in [7, 11) is 1.64. The number of carbonyl (C=O) groups excluding carboxylic acids is 1. The molecule has 2 aliphatic carbocycles. The van der Waals surface area contributed by atoms with Crippen molar-refractivity contribution in [1.29, 1.82) is 0 Å². The molecule has 3 aromatic rings. The Kier molecular flexibility index (Phi) is 26.6. The van der Waals surface area contributed by atoms with Crippen LogP contribution in [0.15, 0.2) is 39.9 Å². The number of hydrogen-bond acceptors (Lipinski definition) is 14. The molecule has 376 valence electrons. The molecule has 0 atom stereocenters. The quantitative estimate of drug-likeness (QED) is 0.0382. The lowest BCUT2D eigenvalue weighted by molar-refractivity contribution is -0.139. The number of ether oxygens (including phenoxy) is 10. The van der Waals surface area contributed by atoms with Crippen LogP contribution in [0.2, 0.25) is 0 Å². The van der Waals surface area contributed by atoms with E-state index in [1.807, 2.05) is 33.4 Å². The van der Waals surface area contributed by atoms with Gasteiger partial charge in [0.25, 0.3) is 5.56 Å². The Labute approximate surface area is 396 Å². The maximum atomic E-state index is 14.3. The van der Waals surface area contributed by atoms with Gasteiger partial charge in [-0.3, -0.25) is 13.9 Å². The number of hydrogen-bond donors (Lipinski definition) is 0. The number of carbonyl (C=O) groups is 1. The van der Waals surface area contributed by atoms with Crippen LogP contribution in [-0.4, -0.2) is 151 Å². The van der Waals surface area contributed by atoms with Gasteiger partial charge in [-0.1, -0.05) is 69.7 Å². The molecule has 2 aliphatic rings. The topological polar surface area (TPSA) is 171 Å². The van der Waals surface area contributed by atoms with E-state index in [4.69, 9.17) is 52.4 Å². The fraction of sp³-hybridized carbons (Fsp3) is 0.720.